The predicted molar refractivity (Wildman–Crippen MR) is 189 cm³/mol. The zero-order valence-corrected chi connectivity index (χ0v) is 28.4. The predicted octanol–water partition coefficient (Wildman–Crippen LogP) is 3.52. The first-order valence-electron chi connectivity index (χ1n) is 17.0. The van der Waals surface area contributed by atoms with E-state index in [1.165, 1.54) is 20.4 Å². The second kappa shape index (κ2) is 12.0. The molecule has 5 aromatic heterocycles. The summed E-state index contributed by atoms with van der Waals surface area (Å²) in [5, 5.41) is 13.9. The van der Waals surface area contributed by atoms with Crippen LogP contribution in [0, 0.1) is 5.41 Å². The number of rotatable bonds is 7. The van der Waals surface area contributed by atoms with Gasteiger partial charge in [0.15, 0.2) is 0 Å². The maximum absolute atomic E-state index is 13.8. The first-order valence-corrected chi connectivity index (χ1v) is 17.0. The summed E-state index contributed by atoms with van der Waals surface area (Å²) in [7, 11) is 1.69. The molecule has 2 saturated heterocycles. The van der Waals surface area contributed by atoms with Gasteiger partial charge in [0.05, 0.1) is 37.7 Å². The molecule has 0 spiro atoms. The summed E-state index contributed by atoms with van der Waals surface area (Å²) in [4.78, 5) is 41.2. The lowest BCUT2D eigenvalue weighted by Crippen LogP contribution is -2.60. The summed E-state index contributed by atoms with van der Waals surface area (Å²) < 4.78 is 10.4. The van der Waals surface area contributed by atoms with Crippen molar-refractivity contribution in [3.05, 3.63) is 98.8 Å². The van der Waals surface area contributed by atoms with Crippen LogP contribution in [-0.4, -0.2) is 78.4 Å². The Kier molecular flexibility index (Phi) is 7.69. The van der Waals surface area contributed by atoms with E-state index in [2.05, 4.69) is 45.9 Å². The van der Waals surface area contributed by atoms with Crippen molar-refractivity contribution >= 4 is 22.7 Å². The quantitative estimate of drug-likeness (QED) is 0.270. The number of aromatic nitrogens is 5. The Morgan fingerprint density at radius 1 is 1.04 bits per heavy atom. The molecule has 1 aliphatic carbocycles. The largest absolute Gasteiger partial charge is 0.392 e. The van der Waals surface area contributed by atoms with E-state index in [-0.39, 0.29) is 23.1 Å². The molecule has 2 N–H and O–H groups in total. The minimum Gasteiger partial charge on any atom is -0.392 e. The Bertz CT molecular complexity index is 2180. The fourth-order valence-corrected chi connectivity index (χ4v) is 7.84. The zero-order valence-electron chi connectivity index (χ0n) is 28.4. The maximum atomic E-state index is 13.8. The lowest BCUT2D eigenvalue weighted by Gasteiger charge is -2.47. The Balaban J connectivity index is 1.07. The molecule has 0 radical (unpaired) electrons. The summed E-state index contributed by atoms with van der Waals surface area (Å²) >= 11 is 0. The number of nitrogens with one attached hydrogen (secondary N) is 1. The fraction of sp³-hybridized carbons (Fsp3) is 0.405. The number of ether oxygens (including phenoxy) is 1. The summed E-state index contributed by atoms with van der Waals surface area (Å²) in [5.74, 6) is 0.905. The van der Waals surface area contributed by atoms with Gasteiger partial charge in [-0.15, -0.1) is 0 Å². The molecular weight excluding hydrogens is 620 g/mol. The molecule has 5 aromatic rings. The number of pyridine rings is 3. The van der Waals surface area contributed by atoms with Gasteiger partial charge in [0, 0.05) is 74.3 Å². The van der Waals surface area contributed by atoms with Crippen LogP contribution in [0.3, 0.4) is 0 Å². The second-order valence-corrected chi connectivity index (χ2v) is 14.5. The molecule has 0 amide bonds. The van der Waals surface area contributed by atoms with Gasteiger partial charge in [-0.05, 0) is 66.6 Å². The van der Waals surface area contributed by atoms with Crippen LogP contribution in [0.5, 0.6) is 0 Å². The highest BCUT2D eigenvalue weighted by Crippen LogP contribution is 2.37. The minimum absolute atomic E-state index is 0.170. The van der Waals surface area contributed by atoms with E-state index in [9.17, 15) is 14.7 Å². The van der Waals surface area contributed by atoms with Gasteiger partial charge in [-0.25, -0.2) is 9.97 Å². The van der Waals surface area contributed by atoms with Gasteiger partial charge in [-0.2, -0.15) is 0 Å². The van der Waals surface area contributed by atoms with Gasteiger partial charge in [-0.3, -0.25) is 19.1 Å². The van der Waals surface area contributed by atoms with E-state index in [4.69, 9.17) is 4.74 Å². The van der Waals surface area contributed by atoms with Crippen molar-refractivity contribution in [3.63, 3.8) is 0 Å². The summed E-state index contributed by atoms with van der Waals surface area (Å²) in [6.07, 6.45) is 10.7. The minimum atomic E-state index is -0.349. The third kappa shape index (κ3) is 5.53. The van der Waals surface area contributed by atoms with Crippen LogP contribution in [0.2, 0.25) is 0 Å². The third-order valence-electron chi connectivity index (χ3n) is 10.4. The SMILES string of the molecule is C[C@@H]1CN(c2ccc(Nc3cc(-c4ccnc(-n5ccn6c7c(cc6c5=O)CC(C)(C)C7)c4CO)cn(C)c3=O)nc2)CCN1C1COC1. The molecule has 12 heteroatoms. The normalized spacial score (nSPS) is 19.3. The molecule has 7 heterocycles. The molecule has 2 fully saturated rings. The monoisotopic (exact) mass is 662 g/mol. The molecule has 1 atom stereocenters. The number of aryl methyl sites for hydroxylation is 1. The van der Waals surface area contributed by atoms with Crippen LogP contribution in [0.4, 0.5) is 17.2 Å². The van der Waals surface area contributed by atoms with Crippen LogP contribution < -0.4 is 21.3 Å². The molecule has 12 nitrogen and oxygen atoms in total. The van der Waals surface area contributed by atoms with Crippen LogP contribution in [0.25, 0.3) is 22.5 Å². The van der Waals surface area contributed by atoms with Crippen molar-refractivity contribution in [2.24, 2.45) is 12.5 Å². The van der Waals surface area contributed by atoms with E-state index in [1.54, 1.807) is 37.8 Å². The highest BCUT2D eigenvalue weighted by molar-refractivity contribution is 5.73. The first kappa shape index (κ1) is 31.5. The van der Waals surface area contributed by atoms with Gasteiger partial charge < -0.3 is 29.0 Å². The second-order valence-electron chi connectivity index (χ2n) is 14.5. The summed E-state index contributed by atoms with van der Waals surface area (Å²) in [6, 6.07) is 10.4. The molecule has 49 heavy (non-hydrogen) atoms. The van der Waals surface area contributed by atoms with Gasteiger partial charge in [0.1, 0.15) is 22.8 Å². The van der Waals surface area contributed by atoms with E-state index in [0.717, 1.165) is 51.4 Å². The Hall–Kier alpha value is -4.78. The van der Waals surface area contributed by atoms with Gasteiger partial charge in [-0.1, -0.05) is 13.8 Å². The van der Waals surface area contributed by atoms with Crippen molar-refractivity contribution in [1.29, 1.82) is 0 Å². The summed E-state index contributed by atoms with van der Waals surface area (Å²) in [5.41, 5.74) is 5.95. The van der Waals surface area contributed by atoms with Crippen LogP contribution in [0.15, 0.2) is 70.9 Å². The molecule has 0 saturated carbocycles. The van der Waals surface area contributed by atoms with Crippen molar-refractivity contribution in [3.8, 4) is 16.9 Å². The topological polar surface area (TPSA) is 122 Å². The van der Waals surface area contributed by atoms with Gasteiger partial charge in [0.2, 0.25) is 0 Å². The molecule has 0 unspecified atom stereocenters. The van der Waals surface area contributed by atoms with Crippen molar-refractivity contribution in [2.45, 2.75) is 52.3 Å². The van der Waals surface area contributed by atoms with Crippen molar-refractivity contribution in [1.82, 2.24) is 28.4 Å². The molecule has 0 bridgehead atoms. The van der Waals surface area contributed by atoms with Crippen molar-refractivity contribution in [2.75, 3.05) is 43.1 Å². The number of nitrogens with zero attached hydrogens (tertiary/aromatic N) is 7. The highest BCUT2D eigenvalue weighted by atomic mass is 16.5. The highest BCUT2D eigenvalue weighted by Gasteiger charge is 2.34. The average molecular weight is 663 g/mol. The number of anilines is 3. The number of piperazine rings is 1. The fourth-order valence-electron chi connectivity index (χ4n) is 7.84. The van der Waals surface area contributed by atoms with E-state index in [1.807, 2.05) is 35.0 Å². The van der Waals surface area contributed by atoms with Gasteiger partial charge in [0.25, 0.3) is 11.1 Å². The Morgan fingerprint density at radius 3 is 2.59 bits per heavy atom. The Morgan fingerprint density at radius 2 is 1.88 bits per heavy atom. The maximum Gasteiger partial charge on any atom is 0.280 e. The van der Waals surface area contributed by atoms with E-state index < -0.39 is 0 Å². The average Bonchev–Trinajstić information content (AvgIpc) is 3.55. The van der Waals surface area contributed by atoms with E-state index >= 15 is 0 Å². The summed E-state index contributed by atoms with van der Waals surface area (Å²) in [6.45, 7) is 10.9. The smallest absolute Gasteiger partial charge is 0.280 e. The zero-order chi connectivity index (χ0) is 34.0. The number of aliphatic hydroxyl groups is 1. The lowest BCUT2D eigenvalue weighted by molar-refractivity contribution is -0.0792. The number of hydrogen-bond acceptors (Lipinski definition) is 9. The molecule has 2 aliphatic heterocycles. The number of hydrogen-bond donors (Lipinski definition) is 2. The Labute approximate surface area is 284 Å². The molecule has 254 valence electrons. The molecule has 8 rings (SSSR count). The van der Waals surface area contributed by atoms with Crippen LogP contribution in [-0.2, 0) is 31.2 Å². The lowest BCUT2D eigenvalue weighted by atomic mass is 9.90. The standard InChI is InChI=1S/C37H42N8O4/c1-23-18-42(9-10-43(23)27-21-49-22-27)26-5-6-33(39-17-26)40-30-13-25(19-41(4)35(30)47)28-7-8-38-34(29(28)20-46)45-12-11-44-31(36(45)48)14-24-15-37(2,3)16-32(24)44/h5-8,11-14,17,19,23,27,46H,9-10,15-16,18,20-22H2,1-4H3,(H,39,40)/t23-/m1/s1. The molecule has 3 aliphatic rings. The molecular formula is C37H42N8O4. The van der Waals surface area contributed by atoms with Crippen LogP contribution in [0.1, 0.15) is 37.6 Å². The van der Waals surface area contributed by atoms with Crippen molar-refractivity contribution < 1.29 is 9.84 Å². The number of aliphatic hydroxyl groups excluding tert-OH is 1. The van der Waals surface area contributed by atoms with E-state index in [0.29, 0.717) is 51.6 Å². The van der Waals surface area contributed by atoms with Crippen LogP contribution >= 0.6 is 0 Å². The first-order chi connectivity index (χ1) is 23.6. The van der Waals surface area contributed by atoms with Gasteiger partial charge >= 0.3 is 0 Å². The third-order valence-corrected chi connectivity index (χ3v) is 10.4. The molecule has 0 aromatic carbocycles. The number of fused-ring (bicyclic) bond motifs is 3.